The third-order valence-corrected chi connectivity index (χ3v) is 8.85. The molecule has 4 atom stereocenters. The van der Waals surface area contributed by atoms with Crippen molar-refractivity contribution in [1.29, 1.82) is 0 Å². The first-order valence-corrected chi connectivity index (χ1v) is 14.1. The van der Waals surface area contributed by atoms with Crippen molar-refractivity contribution in [2.75, 3.05) is 6.54 Å². The summed E-state index contributed by atoms with van der Waals surface area (Å²) in [6.07, 6.45) is -8.45. The Morgan fingerprint density at radius 3 is 1.89 bits per heavy atom. The number of piperidine rings is 1. The fourth-order valence-electron chi connectivity index (χ4n) is 6.79. The van der Waals surface area contributed by atoms with Crippen LogP contribution in [-0.4, -0.2) is 39.6 Å². The lowest BCUT2D eigenvalue weighted by molar-refractivity contribution is -0.150. The largest absolute Gasteiger partial charge is 0.416 e. The summed E-state index contributed by atoms with van der Waals surface area (Å²) in [5, 5.41) is 3.23. The number of hydrogen-bond donors (Lipinski definition) is 1. The second-order valence-electron chi connectivity index (χ2n) is 11.5. The van der Waals surface area contributed by atoms with Crippen molar-refractivity contribution in [2.24, 2.45) is 11.8 Å². The van der Waals surface area contributed by atoms with Crippen molar-refractivity contribution in [2.45, 2.75) is 49.9 Å². The van der Waals surface area contributed by atoms with Gasteiger partial charge in [-0.25, -0.2) is 0 Å². The van der Waals surface area contributed by atoms with Crippen LogP contribution >= 0.6 is 0 Å². The van der Waals surface area contributed by atoms with Gasteiger partial charge < -0.3 is 4.90 Å². The molecule has 3 saturated heterocycles. The van der Waals surface area contributed by atoms with Crippen LogP contribution in [0.2, 0.25) is 0 Å². The van der Waals surface area contributed by atoms with E-state index in [0.29, 0.717) is 23.1 Å². The smallest absolute Gasteiger partial charge is 0.337 e. The minimum absolute atomic E-state index is 0.0153. The molecule has 1 spiro atoms. The molecule has 3 aromatic carbocycles. The lowest BCUT2D eigenvalue weighted by Crippen LogP contribution is -2.63. The number of carbonyl (C=O) groups is 3. The third kappa shape index (κ3) is 5.14. The van der Waals surface area contributed by atoms with E-state index in [0.717, 1.165) is 29.2 Å². The molecule has 3 fully saturated rings. The zero-order valence-corrected chi connectivity index (χ0v) is 23.2. The maximum atomic E-state index is 14.3. The molecule has 230 valence electrons. The van der Waals surface area contributed by atoms with E-state index < -0.39 is 64.6 Å². The van der Waals surface area contributed by atoms with E-state index in [-0.39, 0.29) is 26.1 Å². The summed E-state index contributed by atoms with van der Waals surface area (Å²) in [5.41, 5.74) is -1.74. The van der Waals surface area contributed by atoms with Crippen molar-refractivity contribution >= 4 is 17.7 Å². The monoisotopic (exact) mass is 615 g/mol. The molecule has 0 aromatic heterocycles. The summed E-state index contributed by atoms with van der Waals surface area (Å²) < 4.78 is 79.1. The quantitative estimate of drug-likeness (QED) is 0.294. The molecule has 0 saturated carbocycles. The van der Waals surface area contributed by atoms with Crippen LogP contribution in [-0.2, 0) is 39.8 Å². The Balaban J connectivity index is 1.35. The van der Waals surface area contributed by atoms with Gasteiger partial charge in [0.1, 0.15) is 5.54 Å². The molecule has 0 radical (unpaired) electrons. The number of nitrogens with one attached hydrogen (secondary N) is 1. The standard InChI is InChI=1S/C32H27F6N3O3/c33-31(34,35)22-11-7-20(8-12-22)17-40-16-4-15-30(29(40)44)25-24(26(39-30)21-9-13-23(14-10-21)32(36,37)38)27(42)41(28(25)43)18-19-5-2-1-3-6-19/h1-3,5-14,24-26,39H,4,15-18H2/t24-,25-,26-,30-/m1/s1. The van der Waals surface area contributed by atoms with Crippen LogP contribution in [0, 0.1) is 11.8 Å². The molecular formula is C32H27F6N3O3. The summed E-state index contributed by atoms with van der Waals surface area (Å²) in [4.78, 5) is 44.8. The second kappa shape index (κ2) is 10.8. The van der Waals surface area contributed by atoms with Gasteiger partial charge in [0.25, 0.3) is 0 Å². The van der Waals surface area contributed by atoms with Gasteiger partial charge in [0, 0.05) is 19.1 Å². The molecule has 12 heteroatoms. The molecule has 3 heterocycles. The van der Waals surface area contributed by atoms with E-state index in [1.165, 1.54) is 29.2 Å². The lowest BCUT2D eigenvalue weighted by Gasteiger charge is -2.42. The molecule has 0 bridgehead atoms. The second-order valence-corrected chi connectivity index (χ2v) is 11.5. The summed E-state index contributed by atoms with van der Waals surface area (Å²) >= 11 is 0. The SMILES string of the molecule is O=C1[C@H]2[C@@H](c3ccc(C(F)(F)F)cc3)N[C@]3(CCCN(Cc4ccc(C(F)(F)F)cc4)C3=O)[C@H]2C(=O)N1Cc1ccccc1. The Hall–Kier alpha value is -4.19. The molecule has 0 unspecified atom stereocenters. The highest BCUT2D eigenvalue weighted by Crippen LogP contribution is 2.52. The Bertz CT molecular complexity index is 1570. The highest BCUT2D eigenvalue weighted by molar-refractivity contribution is 6.10. The number of fused-ring (bicyclic) bond motifs is 2. The topological polar surface area (TPSA) is 69.7 Å². The third-order valence-electron chi connectivity index (χ3n) is 8.85. The maximum Gasteiger partial charge on any atom is 0.416 e. The maximum absolute atomic E-state index is 14.3. The molecule has 0 aliphatic carbocycles. The number of benzene rings is 3. The average molecular weight is 616 g/mol. The van der Waals surface area contributed by atoms with Gasteiger partial charge >= 0.3 is 12.4 Å². The zero-order valence-electron chi connectivity index (χ0n) is 23.2. The van der Waals surface area contributed by atoms with Gasteiger partial charge in [0.05, 0.1) is 29.5 Å². The Morgan fingerprint density at radius 2 is 1.30 bits per heavy atom. The van der Waals surface area contributed by atoms with Crippen LogP contribution in [0.25, 0.3) is 0 Å². The summed E-state index contributed by atoms with van der Waals surface area (Å²) in [6, 6.07) is 16.7. The number of amides is 3. The Labute approximate surface area is 248 Å². The van der Waals surface area contributed by atoms with Gasteiger partial charge in [-0.1, -0.05) is 54.6 Å². The van der Waals surface area contributed by atoms with E-state index in [9.17, 15) is 40.7 Å². The van der Waals surface area contributed by atoms with Gasteiger partial charge in [-0.05, 0) is 53.8 Å². The molecule has 6 rings (SSSR count). The molecule has 3 aliphatic rings. The van der Waals surface area contributed by atoms with Gasteiger partial charge in [-0.2, -0.15) is 26.3 Å². The molecule has 3 aromatic rings. The first-order valence-electron chi connectivity index (χ1n) is 14.1. The van der Waals surface area contributed by atoms with Crippen LogP contribution in [0.15, 0.2) is 78.9 Å². The molecule has 3 amide bonds. The molecular weight excluding hydrogens is 588 g/mol. The number of hydrogen-bond acceptors (Lipinski definition) is 4. The van der Waals surface area contributed by atoms with E-state index in [4.69, 9.17) is 0 Å². The highest BCUT2D eigenvalue weighted by Gasteiger charge is 2.69. The molecule has 1 N–H and O–H groups in total. The Morgan fingerprint density at radius 1 is 0.727 bits per heavy atom. The van der Waals surface area contributed by atoms with Gasteiger partial charge in [-0.15, -0.1) is 0 Å². The van der Waals surface area contributed by atoms with E-state index in [1.54, 1.807) is 30.3 Å². The van der Waals surface area contributed by atoms with Crippen molar-refractivity contribution in [3.05, 3.63) is 107 Å². The van der Waals surface area contributed by atoms with Crippen LogP contribution in [0.4, 0.5) is 26.3 Å². The fourth-order valence-corrected chi connectivity index (χ4v) is 6.79. The number of halogens is 6. The van der Waals surface area contributed by atoms with Crippen molar-refractivity contribution in [1.82, 2.24) is 15.1 Å². The van der Waals surface area contributed by atoms with E-state index in [2.05, 4.69) is 5.32 Å². The first-order chi connectivity index (χ1) is 20.8. The fraction of sp³-hybridized carbons (Fsp3) is 0.344. The van der Waals surface area contributed by atoms with E-state index in [1.807, 2.05) is 0 Å². The van der Waals surface area contributed by atoms with Crippen molar-refractivity contribution in [3.63, 3.8) is 0 Å². The number of alkyl halides is 6. The number of imide groups is 1. The van der Waals surface area contributed by atoms with Crippen LogP contribution in [0.5, 0.6) is 0 Å². The average Bonchev–Trinajstić information content (AvgIpc) is 3.45. The normalized spacial score (nSPS) is 25.7. The van der Waals surface area contributed by atoms with Crippen molar-refractivity contribution in [3.8, 4) is 0 Å². The molecule has 44 heavy (non-hydrogen) atoms. The van der Waals surface area contributed by atoms with Crippen LogP contribution < -0.4 is 5.32 Å². The van der Waals surface area contributed by atoms with Gasteiger partial charge in [0.15, 0.2) is 0 Å². The van der Waals surface area contributed by atoms with Crippen LogP contribution in [0.3, 0.4) is 0 Å². The Kier molecular flexibility index (Phi) is 7.30. The summed E-state index contributed by atoms with van der Waals surface area (Å²) in [7, 11) is 0. The summed E-state index contributed by atoms with van der Waals surface area (Å²) in [5.74, 6) is -3.70. The number of nitrogens with zero attached hydrogens (tertiary/aromatic N) is 2. The van der Waals surface area contributed by atoms with Gasteiger partial charge in [-0.3, -0.25) is 24.6 Å². The van der Waals surface area contributed by atoms with Crippen LogP contribution in [0.1, 0.15) is 46.7 Å². The highest BCUT2D eigenvalue weighted by atomic mass is 19.4. The zero-order chi connectivity index (χ0) is 31.4. The number of likely N-dealkylation sites (tertiary alicyclic amines) is 2. The number of carbonyl (C=O) groups excluding carboxylic acids is 3. The van der Waals surface area contributed by atoms with Crippen molar-refractivity contribution < 1.29 is 40.7 Å². The first kappa shape index (κ1) is 29.9. The van der Waals surface area contributed by atoms with Gasteiger partial charge in [0.2, 0.25) is 17.7 Å². The predicted molar refractivity (Wildman–Crippen MR) is 145 cm³/mol. The number of rotatable bonds is 5. The molecule has 3 aliphatic heterocycles. The lowest BCUT2D eigenvalue weighted by atomic mass is 9.74. The van der Waals surface area contributed by atoms with E-state index >= 15 is 0 Å². The minimum atomic E-state index is -4.57. The summed E-state index contributed by atoms with van der Waals surface area (Å²) in [6.45, 7) is 0.241. The minimum Gasteiger partial charge on any atom is -0.337 e. The molecule has 6 nitrogen and oxygen atoms in total. The predicted octanol–water partition coefficient (Wildman–Crippen LogP) is 5.73.